The molecule has 0 bridgehead atoms. The Bertz CT molecular complexity index is 798. The first-order valence-corrected chi connectivity index (χ1v) is 9.36. The Morgan fingerprint density at radius 2 is 1.89 bits per heavy atom. The number of rotatable bonds is 5. The summed E-state index contributed by atoms with van der Waals surface area (Å²) in [5, 5.41) is 3.02. The molecule has 2 amide bonds. The van der Waals surface area contributed by atoms with Gasteiger partial charge in [-0.05, 0) is 25.0 Å². The van der Waals surface area contributed by atoms with E-state index in [1.807, 2.05) is 31.2 Å². The molecule has 7 heteroatoms. The summed E-state index contributed by atoms with van der Waals surface area (Å²) in [5.74, 6) is -0.0852. The van der Waals surface area contributed by atoms with Gasteiger partial charge in [0.15, 0.2) is 6.54 Å². The van der Waals surface area contributed by atoms with Crippen LogP contribution in [0.1, 0.15) is 28.7 Å². The van der Waals surface area contributed by atoms with Gasteiger partial charge >= 0.3 is 0 Å². The molecule has 1 aromatic carbocycles. The molecule has 2 aromatic rings. The van der Waals surface area contributed by atoms with E-state index in [4.69, 9.17) is 0 Å². The summed E-state index contributed by atoms with van der Waals surface area (Å²) in [4.78, 5) is 36.1. The van der Waals surface area contributed by atoms with Gasteiger partial charge in [-0.25, -0.2) is 4.98 Å². The summed E-state index contributed by atoms with van der Waals surface area (Å²) >= 11 is 0. The number of carbonyl (C=O) groups is 2. The van der Waals surface area contributed by atoms with Gasteiger partial charge in [0.2, 0.25) is 0 Å². The fraction of sp³-hybridized carbons (Fsp3) is 0.400. The maximum atomic E-state index is 12.5. The lowest BCUT2D eigenvalue weighted by Gasteiger charge is -2.31. The van der Waals surface area contributed by atoms with E-state index in [1.165, 1.54) is 11.1 Å². The molecule has 27 heavy (non-hydrogen) atoms. The molecule has 1 saturated heterocycles. The van der Waals surface area contributed by atoms with E-state index in [2.05, 4.69) is 22.2 Å². The Labute approximate surface area is 159 Å². The summed E-state index contributed by atoms with van der Waals surface area (Å²) in [6.07, 6.45) is 4.01. The van der Waals surface area contributed by atoms with Crippen LogP contribution in [0.2, 0.25) is 0 Å². The third-order valence-electron chi connectivity index (χ3n) is 4.84. The zero-order valence-corrected chi connectivity index (χ0v) is 15.9. The summed E-state index contributed by atoms with van der Waals surface area (Å²) < 4.78 is 0. The molecule has 1 aromatic heterocycles. The van der Waals surface area contributed by atoms with Gasteiger partial charge in [-0.15, -0.1) is 0 Å². The van der Waals surface area contributed by atoms with Crippen molar-refractivity contribution in [2.24, 2.45) is 0 Å². The first kappa shape index (κ1) is 19.0. The highest BCUT2D eigenvalue weighted by atomic mass is 16.2. The van der Waals surface area contributed by atoms with Crippen LogP contribution in [0, 0.1) is 6.92 Å². The number of hydrogen-bond acceptors (Lipinski definition) is 4. The average molecular weight is 368 g/mol. The molecule has 0 radical (unpaired) electrons. The van der Waals surface area contributed by atoms with Crippen LogP contribution in [0.3, 0.4) is 0 Å². The third-order valence-corrected chi connectivity index (χ3v) is 4.84. The van der Waals surface area contributed by atoms with Gasteiger partial charge in [0, 0.05) is 11.9 Å². The Morgan fingerprint density at radius 3 is 2.56 bits per heavy atom. The maximum Gasteiger partial charge on any atom is 0.279 e. The smallest absolute Gasteiger partial charge is 0.279 e. The van der Waals surface area contributed by atoms with Crippen LogP contribution in [0.15, 0.2) is 36.7 Å². The number of nitrogens with one attached hydrogen (secondary N) is 2. The van der Waals surface area contributed by atoms with Crippen LogP contribution in [-0.4, -0.2) is 59.4 Å². The van der Waals surface area contributed by atoms with E-state index in [-0.39, 0.29) is 11.8 Å². The molecule has 2 heterocycles. The van der Waals surface area contributed by atoms with Crippen molar-refractivity contribution in [2.45, 2.75) is 20.3 Å². The van der Waals surface area contributed by atoms with Gasteiger partial charge in [0.05, 0.1) is 38.1 Å². The lowest BCUT2D eigenvalue weighted by Crippen LogP contribution is -3.15. The molecule has 0 aliphatic carbocycles. The highest BCUT2D eigenvalue weighted by molar-refractivity contribution is 5.92. The monoisotopic (exact) mass is 368 g/mol. The van der Waals surface area contributed by atoms with Crippen molar-refractivity contribution in [3.63, 3.8) is 0 Å². The summed E-state index contributed by atoms with van der Waals surface area (Å²) in [7, 11) is 0. The van der Waals surface area contributed by atoms with Crippen LogP contribution in [0.25, 0.3) is 0 Å². The fourth-order valence-corrected chi connectivity index (χ4v) is 3.24. The van der Waals surface area contributed by atoms with Crippen molar-refractivity contribution < 1.29 is 14.5 Å². The number of para-hydroxylation sites is 1. The molecule has 0 spiro atoms. The first-order valence-electron chi connectivity index (χ1n) is 9.36. The topological polar surface area (TPSA) is 79.6 Å². The minimum atomic E-state index is -0.0946. The van der Waals surface area contributed by atoms with Gasteiger partial charge in [-0.3, -0.25) is 14.6 Å². The second-order valence-corrected chi connectivity index (χ2v) is 6.82. The van der Waals surface area contributed by atoms with Gasteiger partial charge < -0.3 is 15.1 Å². The van der Waals surface area contributed by atoms with Gasteiger partial charge in [0.25, 0.3) is 11.8 Å². The SMILES string of the molecule is CCc1ccccc1NC(=O)C[NH+]1CCN(C(=O)c2cnc(C)cn2)CC1. The third kappa shape index (κ3) is 4.89. The summed E-state index contributed by atoms with van der Waals surface area (Å²) in [6, 6.07) is 7.88. The van der Waals surface area contributed by atoms with Crippen LogP contribution < -0.4 is 10.2 Å². The molecule has 1 fully saturated rings. The number of aryl methyl sites for hydroxylation is 2. The predicted molar refractivity (Wildman–Crippen MR) is 103 cm³/mol. The van der Waals surface area contributed by atoms with E-state index in [0.29, 0.717) is 25.3 Å². The predicted octanol–water partition coefficient (Wildman–Crippen LogP) is 0.327. The first-order chi connectivity index (χ1) is 13.1. The van der Waals surface area contributed by atoms with Crippen molar-refractivity contribution in [3.05, 3.63) is 53.6 Å². The Morgan fingerprint density at radius 1 is 1.15 bits per heavy atom. The van der Waals surface area contributed by atoms with E-state index < -0.39 is 0 Å². The minimum absolute atomic E-state index is 0.00933. The zero-order valence-electron chi connectivity index (χ0n) is 15.9. The van der Waals surface area contributed by atoms with Crippen molar-refractivity contribution >= 4 is 17.5 Å². The molecule has 0 atom stereocenters. The van der Waals surface area contributed by atoms with Gasteiger partial charge in [0.1, 0.15) is 5.69 Å². The second kappa shape index (κ2) is 8.73. The molecule has 3 rings (SSSR count). The highest BCUT2D eigenvalue weighted by Gasteiger charge is 2.26. The van der Waals surface area contributed by atoms with E-state index in [9.17, 15) is 9.59 Å². The van der Waals surface area contributed by atoms with Crippen LogP contribution in [0.4, 0.5) is 5.69 Å². The lowest BCUT2D eigenvalue weighted by molar-refractivity contribution is -0.895. The molecule has 2 N–H and O–H groups in total. The largest absolute Gasteiger partial charge is 0.326 e. The number of piperazine rings is 1. The quantitative estimate of drug-likeness (QED) is 0.797. The number of amides is 2. The standard InChI is InChI=1S/C20H25N5O2/c1-3-16-6-4-5-7-17(16)23-19(26)14-24-8-10-25(11-9-24)20(27)18-13-21-15(2)12-22-18/h4-7,12-13H,3,8-11,14H2,1-2H3,(H,23,26)/p+1. The molecule has 0 saturated carbocycles. The number of quaternary nitrogens is 1. The molecule has 1 aliphatic heterocycles. The Balaban J connectivity index is 1.49. The molecule has 142 valence electrons. The molecule has 0 unspecified atom stereocenters. The van der Waals surface area contributed by atoms with E-state index in [0.717, 1.165) is 36.5 Å². The number of aromatic nitrogens is 2. The number of carbonyl (C=O) groups excluding carboxylic acids is 2. The Hall–Kier alpha value is -2.80. The van der Waals surface area contributed by atoms with Crippen molar-refractivity contribution in [1.29, 1.82) is 0 Å². The van der Waals surface area contributed by atoms with E-state index >= 15 is 0 Å². The molecular formula is C20H26N5O2+. The maximum absolute atomic E-state index is 12.5. The summed E-state index contributed by atoms with van der Waals surface area (Å²) in [5.41, 5.74) is 3.18. The van der Waals surface area contributed by atoms with Crippen LogP contribution in [-0.2, 0) is 11.2 Å². The normalized spacial score (nSPS) is 14.8. The number of hydrogen-bond donors (Lipinski definition) is 2. The number of benzene rings is 1. The molecule has 7 nitrogen and oxygen atoms in total. The second-order valence-electron chi connectivity index (χ2n) is 6.82. The average Bonchev–Trinajstić information content (AvgIpc) is 2.69. The number of anilines is 1. The molecular weight excluding hydrogens is 342 g/mol. The summed E-state index contributed by atoms with van der Waals surface area (Å²) in [6.45, 7) is 7.04. The van der Waals surface area contributed by atoms with Gasteiger partial charge in [-0.1, -0.05) is 25.1 Å². The van der Waals surface area contributed by atoms with Crippen molar-refractivity contribution in [3.8, 4) is 0 Å². The van der Waals surface area contributed by atoms with Crippen LogP contribution in [0.5, 0.6) is 0 Å². The van der Waals surface area contributed by atoms with Crippen molar-refractivity contribution in [2.75, 3.05) is 38.0 Å². The number of nitrogens with zero attached hydrogens (tertiary/aromatic N) is 3. The zero-order chi connectivity index (χ0) is 19.2. The van der Waals surface area contributed by atoms with Crippen molar-refractivity contribution in [1.82, 2.24) is 14.9 Å². The van der Waals surface area contributed by atoms with Crippen LogP contribution >= 0.6 is 0 Å². The van der Waals surface area contributed by atoms with E-state index in [1.54, 1.807) is 11.1 Å². The van der Waals surface area contributed by atoms with Gasteiger partial charge in [-0.2, -0.15) is 0 Å². The lowest BCUT2D eigenvalue weighted by atomic mass is 10.1. The fourth-order valence-electron chi connectivity index (χ4n) is 3.24. The Kier molecular flexibility index (Phi) is 6.13. The molecule has 1 aliphatic rings. The minimum Gasteiger partial charge on any atom is -0.326 e. The highest BCUT2D eigenvalue weighted by Crippen LogP contribution is 2.14.